The molecule has 2 nitrogen and oxygen atoms in total. The molecule has 142 valence electrons. The van der Waals surface area contributed by atoms with Crippen molar-refractivity contribution in [2.24, 2.45) is 5.73 Å². The van der Waals surface area contributed by atoms with E-state index in [0.717, 1.165) is 23.3 Å². The van der Waals surface area contributed by atoms with Crippen LogP contribution in [0.5, 0.6) is 0 Å². The van der Waals surface area contributed by atoms with Gasteiger partial charge in [0.05, 0.1) is 5.56 Å². The van der Waals surface area contributed by atoms with Crippen LogP contribution in [0.15, 0.2) is 78.4 Å². The predicted octanol–water partition coefficient (Wildman–Crippen LogP) is 5.00. The van der Waals surface area contributed by atoms with Crippen LogP contribution < -0.4 is 5.73 Å². The van der Waals surface area contributed by atoms with Crippen molar-refractivity contribution in [1.82, 2.24) is 0 Å². The lowest BCUT2D eigenvalue weighted by Crippen LogP contribution is -2.31. The molecule has 0 bridgehead atoms. The maximum absolute atomic E-state index is 12.9. The maximum Gasteiger partial charge on any atom is 0.416 e. The molecule has 27 heavy (non-hydrogen) atoms. The van der Waals surface area contributed by atoms with Crippen molar-refractivity contribution in [3.05, 3.63) is 95.1 Å². The summed E-state index contributed by atoms with van der Waals surface area (Å²) in [6.07, 6.45) is 2.51. The highest BCUT2D eigenvalue weighted by atomic mass is 19.4. The van der Waals surface area contributed by atoms with E-state index in [2.05, 4.69) is 0 Å². The van der Waals surface area contributed by atoms with Crippen LogP contribution >= 0.6 is 0 Å². The standard InChI is InChI=1S/C22H22F3NO/c1-27-21(18-7-3-2-4-8-18)12-10-17(11-13-21)20(26)15-16-6-5-9-19(14-16)22(23,24)25/h2-12,14,20H,13,15,26H2,1H3. The second kappa shape index (κ2) is 7.71. The molecule has 0 spiro atoms. The van der Waals surface area contributed by atoms with E-state index in [0.29, 0.717) is 18.4 Å². The number of ether oxygens (including phenoxy) is 1. The molecule has 0 fully saturated rings. The van der Waals surface area contributed by atoms with E-state index in [1.807, 2.05) is 48.6 Å². The second-order valence-electron chi connectivity index (χ2n) is 6.71. The van der Waals surface area contributed by atoms with Gasteiger partial charge in [-0.2, -0.15) is 13.2 Å². The molecule has 2 aromatic carbocycles. The molecule has 0 heterocycles. The summed E-state index contributed by atoms with van der Waals surface area (Å²) < 4.78 is 44.4. The number of benzene rings is 2. The van der Waals surface area contributed by atoms with E-state index in [9.17, 15) is 13.2 Å². The molecule has 0 saturated carbocycles. The fraction of sp³-hybridized carbons (Fsp3) is 0.273. The third kappa shape index (κ3) is 4.31. The second-order valence-corrected chi connectivity index (χ2v) is 6.71. The fourth-order valence-electron chi connectivity index (χ4n) is 3.36. The zero-order valence-corrected chi connectivity index (χ0v) is 15.0. The summed E-state index contributed by atoms with van der Waals surface area (Å²) in [5.74, 6) is 0. The van der Waals surface area contributed by atoms with E-state index in [1.54, 1.807) is 13.2 Å². The Kier molecular flexibility index (Phi) is 5.53. The third-order valence-electron chi connectivity index (χ3n) is 4.95. The van der Waals surface area contributed by atoms with Crippen LogP contribution in [0.25, 0.3) is 0 Å². The molecular weight excluding hydrogens is 351 g/mol. The smallest absolute Gasteiger partial charge is 0.369 e. The van der Waals surface area contributed by atoms with Gasteiger partial charge in [-0.15, -0.1) is 0 Å². The van der Waals surface area contributed by atoms with Crippen LogP contribution in [0.1, 0.15) is 23.1 Å². The van der Waals surface area contributed by atoms with Crippen LogP contribution in [0.3, 0.4) is 0 Å². The topological polar surface area (TPSA) is 35.2 Å². The van der Waals surface area contributed by atoms with Crippen molar-refractivity contribution < 1.29 is 17.9 Å². The van der Waals surface area contributed by atoms with Gasteiger partial charge in [-0.3, -0.25) is 0 Å². The molecule has 1 aliphatic carbocycles. The van der Waals surface area contributed by atoms with Gasteiger partial charge in [-0.1, -0.05) is 60.7 Å². The fourth-order valence-corrected chi connectivity index (χ4v) is 3.36. The molecule has 0 radical (unpaired) electrons. The van der Waals surface area contributed by atoms with Gasteiger partial charge in [0.2, 0.25) is 0 Å². The molecule has 2 N–H and O–H groups in total. The van der Waals surface area contributed by atoms with Crippen molar-refractivity contribution in [2.45, 2.75) is 30.7 Å². The molecule has 0 amide bonds. The SMILES string of the molecule is COC1(c2ccccc2)C=CC(C(N)Cc2cccc(C(F)(F)F)c2)=CC1. The quantitative estimate of drug-likeness (QED) is 0.800. The first-order valence-corrected chi connectivity index (χ1v) is 8.76. The summed E-state index contributed by atoms with van der Waals surface area (Å²) in [6.45, 7) is 0. The maximum atomic E-state index is 12.9. The number of halogens is 3. The number of hydrogen-bond acceptors (Lipinski definition) is 2. The Morgan fingerprint density at radius 3 is 2.44 bits per heavy atom. The molecule has 0 aromatic heterocycles. The Balaban J connectivity index is 1.74. The monoisotopic (exact) mass is 373 g/mol. The summed E-state index contributed by atoms with van der Waals surface area (Å²) in [4.78, 5) is 0. The van der Waals surface area contributed by atoms with Gasteiger partial charge in [0, 0.05) is 19.6 Å². The third-order valence-corrected chi connectivity index (χ3v) is 4.95. The average molecular weight is 373 g/mol. The van der Waals surface area contributed by atoms with Crippen molar-refractivity contribution in [3.8, 4) is 0 Å². The van der Waals surface area contributed by atoms with E-state index in [1.165, 1.54) is 6.07 Å². The first kappa shape index (κ1) is 19.4. The lowest BCUT2D eigenvalue weighted by molar-refractivity contribution is -0.137. The minimum absolute atomic E-state index is 0.339. The molecular formula is C22H22F3NO. The van der Waals surface area contributed by atoms with Gasteiger partial charge in [0.15, 0.2) is 0 Å². The Labute approximate surface area is 157 Å². The predicted molar refractivity (Wildman–Crippen MR) is 100 cm³/mol. The van der Waals surface area contributed by atoms with Gasteiger partial charge in [-0.05, 0) is 35.3 Å². The summed E-state index contributed by atoms with van der Waals surface area (Å²) in [5, 5.41) is 0. The molecule has 5 heteroatoms. The summed E-state index contributed by atoms with van der Waals surface area (Å²) in [6, 6.07) is 14.8. The Bertz CT molecular complexity index is 842. The molecule has 1 aliphatic rings. The Hall–Kier alpha value is -2.37. The molecule has 2 aromatic rings. The normalized spacial score (nSPS) is 21.0. The minimum atomic E-state index is -4.35. The van der Waals surface area contributed by atoms with Crippen molar-refractivity contribution in [2.75, 3.05) is 7.11 Å². The Morgan fingerprint density at radius 1 is 1.11 bits per heavy atom. The molecule has 0 aliphatic heterocycles. The zero-order valence-electron chi connectivity index (χ0n) is 15.0. The summed E-state index contributed by atoms with van der Waals surface area (Å²) in [5.41, 5.74) is 7.59. The lowest BCUT2D eigenvalue weighted by Gasteiger charge is -2.32. The van der Waals surface area contributed by atoms with E-state index < -0.39 is 17.3 Å². The van der Waals surface area contributed by atoms with E-state index in [4.69, 9.17) is 10.5 Å². The molecule has 2 atom stereocenters. The summed E-state index contributed by atoms with van der Waals surface area (Å²) >= 11 is 0. The number of nitrogens with two attached hydrogens (primary N) is 1. The highest BCUT2D eigenvalue weighted by Gasteiger charge is 2.32. The van der Waals surface area contributed by atoms with Crippen molar-refractivity contribution >= 4 is 0 Å². The Morgan fingerprint density at radius 2 is 1.85 bits per heavy atom. The summed E-state index contributed by atoms with van der Waals surface area (Å²) in [7, 11) is 1.67. The van der Waals surface area contributed by atoms with Crippen LogP contribution in [-0.2, 0) is 22.9 Å². The minimum Gasteiger partial charge on any atom is -0.369 e. The van der Waals surface area contributed by atoms with E-state index >= 15 is 0 Å². The number of rotatable bonds is 5. The van der Waals surface area contributed by atoms with Gasteiger partial charge in [-0.25, -0.2) is 0 Å². The van der Waals surface area contributed by atoms with Crippen LogP contribution in [0.2, 0.25) is 0 Å². The van der Waals surface area contributed by atoms with E-state index in [-0.39, 0.29) is 6.04 Å². The highest BCUT2D eigenvalue weighted by Crippen LogP contribution is 2.35. The molecule has 3 rings (SSSR count). The van der Waals surface area contributed by atoms with Crippen LogP contribution in [-0.4, -0.2) is 13.2 Å². The zero-order chi connectivity index (χ0) is 19.5. The number of methoxy groups -OCH3 is 1. The van der Waals surface area contributed by atoms with Crippen molar-refractivity contribution in [1.29, 1.82) is 0 Å². The van der Waals surface area contributed by atoms with Crippen LogP contribution in [0, 0.1) is 0 Å². The molecule has 0 saturated heterocycles. The van der Waals surface area contributed by atoms with Gasteiger partial charge < -0.3 is 10.5 Å². The van der Waals surface area contributed by atoms with Gasteiger partial charge in [0.25, 0.3) is 0 Å². The first-order chi connectivity index (χ1) is 12.8. The van der Waals surface area contributed by atoms with Gasteiger partial charge >= 0.3 is 6.18 Å². The lowest BCUT2D eigenvalue weighted by atomic mass is 9.83. The highest BCUT2D eigenvalue weighted by molar-refractivity contribution is 5.39. The molecule has 2 unspecified atom stereocenters. The number of alkyl halides is 3. The average Bonchev–Trinajstić information content (AvgIpc) is 2.68. The number of hydrogen-bond donors (Lipinski definition) is 1. The van der Waals surface area contributed by atoms with Crippen molar-refractivity contribution in [3.63, 3.8) is 0 Å². The van der Waals surface area contributed by atoms with Gasteiger partial charge in [0.1, 0.15) is 5.60 Å². The van der Waals surface area contributed by atoms with Crippen LogP contribution in [0.4, 0.5) is 13.2 Å². The first-order valence-electron chi connectivity index (χ1n) is 8.76. The largest absolute Gasteiger partial charge is 0.416 e.